The van der Waals surface area contributed by atoms with Crippen LogP contribution in [-0.2, 0) is 11.2 Å². The van der Waals surface area contributed by atoms with Gasteiger partial charge in [0.25, 0.3) is 5.19 Å². The van der Waals surface area contributed by atoms with Crippen LogP contribution in [0.5, 0.6) is 5.19 Å². The van der Waals surface area contributed by atoms with E-state index < -0.39 is 0 Å². The van der Waals surface area contributed by atoms with Crippen molar-refractivity contribution in [3.63, 3.8) is 0 Å². The number of hydrogen-bond donors (Lipinski definition) is 0. The highest BCUT2D eigenvalue weighted by Gasteiger charge is 2.25. The number of ether oxygens (including phenoxy) is 1. The van der Waals surface area contributed by atoms with Crippen molar-refractivity contribution in [1.29, 1.82) is 0 Å². The number of carbonyl (C=O) groups excluding carboxylic acids is 1. The highest BCUT2D eigenvalue weighted by molar-refractivity contribution is 7.20. The predicted octanol–water partition coefficient (Wildman–Crippen LogP) is 4.36. The van der Waals surface area contributed by atoms with Gasteiger partial charge in [-0.3, -0.25) is 4.79 Å². The summed E-state index contributed by atoms with van der Waals surface area (Å²) in [4.78, 5) is 18.7. The molecular weight excluding hydrogens is 363 g/mol. The molecule has 0 N–H and O–H groups in total. The van der Waals surface area contributed by atoms with Crippen LogP contribution in [0.2, 0.25) is 0 Å². The number of fused-ring (bicyclic) bond motifs is 1. The van der Waals surface area contributed by atoms with Crippen LogP contribution in [-0.4, -0.2) is 35.0 Å². The molecule has 1 amide bonds. The zero-order valence-electron chi connectivity index (χ0n) is 15.2. The molecule has 0 spiro atoms. The fourth-order valence-electron chi connectivity index (χ4n) is 3.42. The van der Waals surface area contributed by atoms with Gasteiger partial charge in [0.1, 0.15) is 17.4 Å². The van der Waals surface area contributed by atoms with E-state index in [0.29, 0.717) is 30.2 Å². The fraction of sp³-hybridized carbons (Fsp3) is 0.333. The number of aryl methyl sites for hydroxylation is 1. The lowest BCUT2D eigenvalue weighted by Gasteiger charge is -2.31. The van der Waals surface area contributed by atoms with Crippen LogP contribution in [0.1, 0.15) is 24.0 Å². The molecule has 2 heterocycles. The lowest BCUT2D eigenvalue weighted by atomic mass is 10.0. The number of likely N-dealkylation sites (tertiary alicyclic amines) is 1. The van der Waals surface area contributed by atoms with Gasteiger partial charge in [0.05, 0.1) is 11.1 Å². The molecule has 1 aromatic heterocycles. The number of thiazole rings is 1. The van der Waals surface area contributed by atoms with E-state index in [1.54, 1.807) is 6.07 Å². The summed E-state index contributed by atoms with van der Waals surface area (Å²) < 4.78 is 20.5. The number of piperidine rings is 1. The molecule has 0 saturated carbocycles. The van der Waals surface area contributed by atoms with E-state index in [4.69, 9.17) is 4.74 Å². The van der Waals surface area contributed by atoms with Crippen LogP contribution in [0.4, 0.5) is 4.39 Å². The summed E-state index contributed by atoms with van der Waals surface area (Å²) in [6.07, 6.45) is 1.97. The highest BCUT2D eigenvalue weighted by atomic mass is 32.1. The number of rotatable bonds is 4. The molecule has 0 bridgehead atoms. The van der Waals surface area contributed by atoms with Crippen molar-refractivity contribution in [3.05, 3.63) is 59.4 Å². The zero-order chi connectivity index (χ0) is 18.8. The molecule has 2 aromatic carbocycles. The van der Waals surface area contributed by atoms with Crippen LogP contribution >= 0.6 is 11.3 Å². The van der Waals surface area contributed by atoms with E-state index in [2.05, 4.69) is 11.1 Å². The van der Waals surface area contributed by atoms with Crippen molar-refractivity contribution < 1.29 is 13.9 Å². The van der Waals surface area contributed by atoms with E-state index in [9.17, 15) is 9.18 Å². The summed E-state index contributed by atoms with van der Waals surface area (Å²) >= 11 is 1.36. The smallest absolute Gasteiger partial charge is 0.274 e. The first kappa shape index (κ1) is 17.9. The molecule has 4 rings (SSSR count). The molecule has 140 valence electrons. The lowest BCUT2D eigenvalue weighted by Crippen LogP contribution is -2.42. The van der Waals surface area contributed by atoms with Crippen LogP contribution in [0.3, 0.4) is 0 Å². The van der Waals surface area contributed by atoms with Gasteiger partial charge in [-0.2, -0.15) is 4.98 Å². The first-order valence-electron chi connectivity index (χ1n) is 9.13. The first-order valence-corrected chi connectivity index (χ1v) is 9.95. The van der Waals surface area contributed by atoms with E-state index in [0.717, 1.165) is 23.1 Å². The van der Waals surface area contributed by atoms with Crippen molar-refractivity contribution in [2.45, 2.75) is 32.3 Å². The average molecular weight is 384 g/mol. The van der Waals surface area contributed by atoms with Gasteiger partial charge in [-0.25, -0.2) is 4.39 Å². The third-order valence-corrected chi connectivity index (χ3v) is 5.76. The van der Waals surface area contributed by atoms with Gasteiger partial charge in [0.2, 0.25) is 5.91 Å². The van der Waals surface area contributed by atoms with Crippen molar-refractivity contribution >= 4 is 27.5 Å². The number of para-hydroxylation sites is 1. The van der Waals surface area contributed by atoms with Crippen LogP contribution in [0.15, 0.2) is 42.5 Å². The van der Waals surface area contributed by atoms with Gasteiger partial charge in [0, 0.05) is 25.9 Å². The average Bonchev–Trinajstić information content (AvgIpc) is 3.06. The number of hydrogen-bond acceptors (Lipinski definition) is 4. The number of aromatic nitrogens is 1. The van der Waals surface area contributed by atoms with Crippen molar-refractivity contribution in [1.82, 2.24) is 9.88 Å². The predicted molar refractivity (Wildman–Crippen MR) is 105 cm³/mol. The van der Waals surface area contributed by atoms with E-state index >= 15 is 0 Å². The van der Waals surface area contributed by atoms with Crippen LogP contribution in [0.25, 0.3) is 10.2 Å². The molecule has 0 atom stereocenters. The molecule has 6 heteroatoms. The second-order valence-corrected chi connectivity index (χ2v) is 7.92. The van der Waals surface area contributed by atoms with Gasteiger partial charge < -0.3 is 9.64 Å². The van der Waals surface area contributed by atoms with Gasteiger partial charge in [-0.05, 0) is 24.6 Å². The number of benzene rings is 2. The standard InChI is InChI=1S/C21H21FN2O2S/c1-14-4-2-5-15(12-14)13-19(25)24-10-8-16(9-11-24)26-21-23-20-17(22)6-3-7-18(20)27-21/h2-7,12,16H,8-11,13H2,1H3. The minimum atomic E-state index is -0.324. The molecule has 4 nitrogen and oxygen atoms in total. The Morgan fingerprint density at radius 2 is 2.04 bits per heavy atom. The molecular formula is C21H21FN2O2S. The van der Waals surface area contributed by atoms with Crippen LogP contribution < -0.4 is 4.74 Å². The quantitative estimate of drug-likeness (QED) is 0.671. The van der Waals surface area contributed by atoms with Gasteiger partial charge in [-0.15, -0.1) is 0 Å². The molecule has 3 aromatic rings. The molecule has 0 unspecified atom stereocenters. The van der Waals surface area contributed by atoms with Crippen molar-refractivity contribution in [2.75, 3.05) is 13.1 Å². The van der Waals surface area contributed by atoms with Crippen molar-refractivity contribution in [2.24, 2.45) is 0 Å². The number of carbonyl (C=O) groups is 1. The topological polar surface area (TPSA) is 42.4 Å². The fourth-order valence-corrected chi connectivity index (χ4v) is 4.31. The molecule has 1 saturated heterocycles. The highest BCUT2D eigenvalue weighted by Crippen LogP contribution is 2.31. The third kappa shape index (κ3) is 4.11. The monoisotopic (exact) mass is 384 g/mol. The summed E-state index contributed by atoms with van der Waals surface area (Å²) in [5, 5.41) is 0.500. The maximum absolute atomic E-state index is 13.8. The van der Waals surface area contributed by atoms with Gasteiger partial charge in [-0.1, -0.05) is 47.2 Å². The largest absolute Gasteiger partial charge is 0.467 e. The number of amides is 1. The number of halogens is 1. The molecule has 1 aliphatic rings. The minimum absolute atomic E-state index is 0.0108. The Morgan fingerprint density at radius 3 is 2.78 bits per heavy atom. The third-order valence-electron chi connectivity index (χ3n) is 4.85. The first-order chi connectivity index (χ1) is 13.1. The Kier molecular flexibility index (Phi) is 5.07. The summed E-state index contributed by atoms with van der Waals surface area (Å²) in [6.45, 7) is 3.38. The Hall–Kier alpha value is -2.47. The SMILES string of the molecule is Cc1cccc(CC(=O)N2CCC(Oc3nc4c(F)cccc4s3)CC2)c1. The Balaban J connectivity index is 1.33. The molecule has 0 radical (unpaired) electrons. The minimum Gasteiger partial charge on any atom is -0.467 e. The zero-order valence-corrected chi connectivity index (χ0v) is 16.0. The van der Waals surface area contributed by atoms with E-state index in [-0.39, 0.29) is 17.8 Å². The normalized spacial score (nSPS) is 15.3. The summed E-state index contributed by atoms with van der Waals surface area (Å²) in [5.74, 6) is -0.170. The van der Waals surface area contributed by atoms with Crippen molar-refractivity contribution in [3.8, 4) is 5.19 Å². The summed E-state index contributed by atoms with van der Waals surface area (Å²) in [5.41, 5.74) is 2.58. The van der Waals surface area contributed by atoms with E-state index in [1.165, 1.54) is 23.0 Å². The molecule has 1 aliphatic heterocycles. The summed E-state index contributed by atoms with van der Waals surface area (Å²) in [6, 6.07) is 13.0. The maximum atomic E-state index is 13.8. The molecule has 0 aliphatic carbocycles. The second kappa shape index (κ2) is 7.64. The maximum Gasteiger partial charge on any atom is 0.274 e. The molecule has 27 heavy (non-hydrogen) atoms. The molecule has 1 fully saturated rings. The summed E-state index contributed by atoms with van der Waals surface area (Å²) in [7, 11) is 0. The van der Waals surface area contributed by atoms with E-state index in [1.807, 2.05) is 36.1 Å². The van der Waals surface area contributed by atoms with Gasteiger partial charge >= 0.3 is 0 Å². The Bertz CT molecular complexity index is 964. The number of nitrogens with zero attached hydrogens (tertiary/aromatic N) is 2. The Morgan fingerprint density at radius 1 is 1.26 bits per heavy atom. The lowest BCUT2D eigenvalue weighted by molar-refractivity contribution is -0.132. The Labute approximate surface area is 161 Å². The van der Waals surface area contributed by atoms with Crippen LogP contribution in [0, 0.1) is 12.7 Å². The second-order valence-electron chi connectivity index (χ2n) is 6.93. The van der Waals surface area contributed by atoms with Gasteiger partial charge in [0.15, 0.2) is 0 Å².